The van der Waals surface area contributed by atoms with Crippen molar-refractivity contribution in [3.8, 4) is 0 Å². The predicted molar refractivity (Wildman–Crippen MR) is 86.9 cm³/mol. The molecule has 1 aromatic rings. The van der Waals surface area contributed by atoms with Crippen LogP contribution in [0.4, 0.5) is 0 Å². The largest absolute Gasteiger partial charge is 0.355 e. The molecule has 0 unspecified atom stereocenters. The number of nitrogens with one attached hydrogen (secondary N) is 1. The Kier molecular flexibility index (Phi) is 6.44. The van der Waals surface area contributed by atoms with Crippen LogP contribution < -0.4 is 5.32 Å². The molecule has 0 bridgehead atoms. The summed E-state index contributed by atoms with van der Waals surface area (Å²) in [6.07, 6.45) is 5.92. The van der Waals surface area contributed by atoms with Gasteiger partial charge in [-0.3, -0.25) is 4.79 Å². The summed E-state index contributed by atoms with van der Waals surface area (Å²) < 4.78 is 0. The molecular formula is C17H25NOS. The lowest BCUT2D eigenvalue weighted by atomic mass is 9.89. The molecular weight excluding hydrogens is 266 g/mol. The highest BCUT2D eigenvalue weighted by Gasteiger charge is 2.20. The van der Waals surface area contributed by atoms with E-state index in [9.17, 15) is 4.79 Å². The quantitative estimate of drug-likeness (QED) is 0.805. The van der Waals surface area contributed by atoms with Gasteiger partial charge in [-0.15, -0.1) is 0 Å². The SMILES string of the molecule is Cc1ccccc1CSCCNC(=O)C1CCCCC1. The van der Waals surface area contributed by atoms with Crippen LogP contribution in [0.2, 0.25) is 0 Å². The lowest BCUT2D eigenvalue weighted by Gasteiger charge is -2.20. The van der Waals surface area contributed by atoms with Crippen molar-refractivity contribution in [2.24, 2.45) is 5.92 Å². The average Bonchev–Trinajstić information content (AvgIpc) is 2.49. The zero-order chi connectivity index (χ0) is 14.2. The van der Waals surface area contributed by atoms with Crippen LogP contribution in [0.25, 0.3) is 0 Å². The maximum Gasteiger partial charge on any atom is 0.223 e. The summed E-state index contributed by atoms with van der Waals surface area (Å²) in [5.74, 6) is 2.59. The first-order valence-electron chi connectivity index (χ1n) is 7.67. The Morgan fingerprint density at radius 1 is 1.25 bits per heavy atom. The van der Waals surface area contributed by atoms with Crippen LogP contribution >= 0.6 is 11.8 Å². The smallest absolute Gasteiger partial charge is 0.223 e. The van der Waals surface area contributed by atoms with Crippen LogP contribution in [0.5, 0.6) is 0 Å². The highest BCUT2D eigenvalue weighted by Crippen LogP contribution is 2.23. The predicted octanol–water partition coefficient (Wildman–Crippen LogP) is 3.92. The summed E-state index contributed by atoms with van der Waals surface area (Å²) in [5.41, 5.74) is 2.75. The average molecular weight is 291 g/mol. The number of hydrogen-bond donors (Lipinski definition) is 1. The molecule has 1 aromatic carbocycles. The number of carbonyl (C=O) groups excluding carboxylic acids is 1. The Hall–Kier alpha value is -0.960. The van der Waals surface area contributed by atoms with E-state index >= 15 is 0 Å². The number of thioether (sulfide) groups is 1. The van der Waals surface area contributed by atoms with Gasteiger partial charge in [-0.2, -0.15) is 11.8 Å². The zero-order valence-corrected chi connectivity index (χ0v) is 13.2. The van der Waals surface area contributed by atoms with Crippen LogP contribution in [0.1, 0.15) is 43.2 Å². The van der Waals surface area contributed by atoms with E-state index in [-0.39, 0.29) is 11.8 Å². The molecule has 2 rings (SSSR count). The fourth-order valence-corrected chi connectivity index (χ4v) is 3.64. The molecule has 110 valence electrons. The molecule has 1 saturated carbocycles. The minimum absolute atomic E-state index is 0.279. The van der Waals surface area contributed by atoms with Gasteiger partial charge in [-0.05, 0) is 30.9 Å². The van der Waals surface area contributed by atoms with E-state index in [0.29, 0.717) is 0 Å². The topological polar surface area (TPSA) is 29.1 Å². The van der Waals surface area contributed by atoms with Crippen molar-refractivity contribution in [2.75, 3.05) is 12.3 Å². The Labute approximate surface area is 126 Å². The van der Waals surface area contributed by atoms with Crippen LogP contribution in [-0.2, 0) is 10.5 Å². The van der Waals surface area contributed by atoms with Gasteiger partial charge >= 0.3 is 0 Å². The van der Waals surface area contributed by atoms with Crippen LogP contribution in [-0.4, -0.2) is 18.2 Å². The number of rotatable bonds is 6. The fourth-order valence-electron chi connectivity index (χ4n) is 2.71. The van der Waals surface area contributed by atoms with Gasteiger partial charge in [0, 0.05) is 24.0 Å². The van der Waals surface area contributed by atoms with Crippen LogP contribution in [0.15, 0.2) is 24.3 Å². The van der Waals surface area contributed by atoms with E-state index in [2.05, 4.69) is 36.5 Å². The highest BCUT2D eigenvalue weighted by molar-refractivity contribution is 7.98. The molecule has 1 fully saturated rings. The molecule has 1 aliphatic rings. The Morgan fingerprint density at radius 3 is 2.75 bits per heavy atom. The van der Waals surface area contributed by atoms with Crippen molar-refractivity contribution in [1.82, 2.24) is 5.32 Å². The number of amides is 1. The Morgan fingerprint density at radius 2 is 2.00 bits per heavy atom. The van der Waals surface area contributed by atoms with Gasteiger partial charge in [0.15, 0.2) is 0 Å². The molecule has 0 atom stereocenters. The van der Waals surface area contributed by atoms with E-state index in [4.69, 9.17) is 0 Å². The second-order valence-electron chi connectivity index (χ2n) is 5.61. The molecule has 0 spiro atoms. The summed E-state index contributed by atoms with van der Waals surface area (Å²) >= 11 is 1.89. The molecule has 0 aromatic heterocycles. The van der Waals surface area contributed by atoms with Gasteiger partial charge in [-0.1, -0.05) is 43.5 Å². The zero-order valence-electron chi connectivity index (χ0n) is 12.4. The molecule has 2 nitrogen and oxygen atoms in total. The van der Waals surface area contributed by atoms with Crippen LogP contribution in [0, 0.1) is 12.8 Å². The third-order valence-corrected chi connectivity index (χ3v) is 5.05. The number of benzene rings is 1. The van der Waals surface area contributed by atoms with Gasteiger partial charge < -0.3 is 5.32 Å². The number of carbonyl (C=O) groups is 1. The molecule has 0 aliphatic heterocycles. The van der Waals surface area contributed by atoms with Crippen molar-refractivity contribution >= 4 is 17.7 Å². The second kappa shape index (κ2) is 8.35. The van der Waals surface area contributed by atoms with Crippen molar-refractivity contribution in [2.45, 2.75) is 44.8 Å². The summed E-state index contributed by atoms with van der Waals surface area (Å²) in [6, 6.07) is 8.51. The van der Waals surface area contributed by atoms with Gasteiger partial charge in [0.05, 0.1) is 0 Å². The fraction of sp³-hybridized carbons (Fsp3) is 0.588. The van der Waals surface area contributed by atoms with Crippen molar-refractivity contribution in [1.29, 1.82) is 0 Å². The first-order valence-corrected chi connectivity index (χ1v) is 8.83. The normalized spacial score (nSPS) is 16.1. The summed E-state index contributed by atoms with van der Waals surface area (Å²) in [4.78, 5) is 12.0. The van der Waals surface area contributed by atoms with Crippen molar-refractivity contribution in [3.05, 3.63) is 35.4 Å². The monoisotopic (exact) mass is 291 g/mol. The number of hydrogen-bond acceptors (Lipinski definition) is 2. The summed E-state index contributed by atoms with van der Waals surface area (Å²) in [5, 5.41) is 3.09. The molecule has 20 heavy (non-hydrogen) atoms. The van der Waals surface area contributed by atoms with Gasteiger partial charge in [-0.25, -0.2) is 0 Å². The third-order valence-electron chi connectivity index (χ3n) is 4.04. The van der Waals surface area contributed by atoms with E-state index in [1.165, 1.54) is 30.4 Å². The van der Waals surface area contributed by atoms with E-state index in [1.807, 2.05) is 11.8 Å². The Bertz CT molecular complexity index is 427. The van der Waals surface area contributed by atoms with Gasteiger partial charge in [0.2, 0.25) is 5.91 Å². The first-order chi connectivity index (χ1) is 9.77. The third kappa shape index (κ3) is 4.86. The van der Waals surface area contributed by atoms with Crippen molar-refractivity contribution < 1.29 is 4.79 Å². The van der Waals surface area contributed by atoms with E-state index in [0.717, 1.165) is 30.9 Å². The molecule has 0 saturated heterocycles. The van der Waals surface area contributed by atoms with E-state index < -0.39 is 0 Å². The summed E-state index contributed by atoms with van der Waals surface area (Å²) in [6.45, 7) is 2.95. The number of aryl methyl sites for hydroxylation is 1. The highest BCUT2D eigenvalue weighted by atomic mass is 32.2. The minimum Gasteiger partial charge on any atom is -0.355 e. The molecule has 1 N–H and O–H groups in total. The lowest BCUT2D eigenvalue weighted by molar-refractivity contribution is -0.125. The minimum atomic E-state index is 0.279. The lowest BCUT2D eigenvalue weighted by Crippen LogP contribution is -2.33. The Balaban J connectivity index is 1.59. The summed E-state index contributed by atoms with van der Waals surface area (Å²) in [7, 11) is 0. The molecule has 0 heterocycles. The maximum absolute atomic E-state index is 12.0. The molecule has 0 radical (unpaired) electrons. The standard InChI is InChI=1S/C17H25NOS/c1-14-7-5-6-10-16(14)13-20-12-11-18-17(19)15-8-3-2-4-9-15/h5-7,10,15H,2-4,8-9,11-13H2,1H3,(H,18,19). The maximum atomic E-state index is 12.0. The first kappa shape index (κ1) is 15.4. The van der Waals surface area contributed by atoms with E-state index in [1.54, 1.807) is 0 Å². The molecule has 1 amide bonds. The molecule has 3 heteroatoms. The second-order valence-corrected chi connectivity index (χ2v) is 6.71. The molecule has 1 aliphatic carbocycles. The van der Waals surface area contributed by atoms with Crippen molar-refractivity contribution in [3.63, 3.8) is 0 Å². The van der Waals surface area contributed by atoms with Gasteiger partial charge in [0.1, 0.15) is 0 Å². The van der Waals surface area contributed by atoms with Crippen LogP contribution in [0.3, 0.4) is 0 Å². The van der Waals surface area contributed by atoms with Gasteiger partial charge in [0.25, 0.3) is 0 Å².